The van der Waals surface area contributed by atoms with E-state index in [9.17, 15) is 22.8 Å². The maximum Gasteiger partial charge on any atom is 0.418 e. The zero-order valence-electron chi connectivity index (χ0n) is 9.28. The molecule has 0 unspecified atom stereocenters. The van der Waals surface area contributed by atoms with Gasteiger partial charge in [0.2, 0.25) is 5.91 Å². The molecular formula is C11H7F3N2O3. The van der Waals surface area contributed by atoms with Gasteiger partial charge in [0.1, 0.15) is 6.42 Å². The SMILES string of the molecule is N#CCC(=O)Nc1c(C(=O)O)cccc1C(F)(F)F. The van der Waals surface area contributed by atoms with Gasteiger partial charge in [0.15, 0.2) is 0 Å². The Morgan fingerprint density at radius 2 is 2.00 bits per heavy atom. The standard InChI is InChI=1S/C11H7F3N2O3/c12-11(13,14)7-3-1-2-6(10(18)19)9(7)16-8(17)4-5-15/h1-3H,4H2,(H,16,17)(H,18,19). The summed E-state index contributed by atoms with van der Waals surface area (Å²) in [4.78, 5) is 22.0. The van der Waals surface area contributed by atoms with Crippen molar-refractivity contribution in [3.8, 4) is 6.07 Å². The van der Waals surface area contributed by atoms with Crippen LogP contribution in [0.15, 0.2) is 18.2 Å². The Kier molecular flexibility index (Phi) is 4.11. The number of rotatable bonds is 3. The molecule has 0 heterocycles. The van der Waals surface area contributed by atoms with E-state index in [-0.39, 0.29) is 0 Å². The highest BCUT2D eigenvalue weighted by Gasteiger charge is 2.35. The quantitative estimate of drug-likeness (QED) is 0.883. The number of carboxylic acid groups (broad SMARTS) is 1. The van der Waals surface area contributed by atoms with E-state index in [2.05, 4.69) is 0 Å². The number of hydrogen-bond acceptors (Lipinski definition) is 3. The Balaban J connectivity index is 3.35. The van der Waals surface area contributed by atoms with Crippen LogP contribution in [0.1, 0.15) is 22.3 Å². The zero-order chi connectivity index (χ0) is 14.6. The number of aromatic carboxylic acids is 1. The van der Waals surface area contributed by atoms with E-state index < -0.39 is 41.3 Å². The van der Waals surface area contributed by atoms with Crippen LogP contribution in [0.2, 0.25) is 0 Å². The van der Waals surface area contributed by atoms with Crippen molar-refractivity contribution in [2.45, 2.75) is 12.6 Å². The van der Waals surface area contributed by atoms with Gasteiger partial charge in [0.05, 0.1) is 22.9 Å². The van der Waals surface area contributed by atoms with E-state index in [1.165, 1.54) is 6.07 Å². The summed E-state index contributed by atoms with van der Waals surface area (Å²) in [6, 6.07) is 3.95. The molecule has 5 nitrogen and oxygen atoms in total. The van der Waals surface area contributed by atoms with Crippen LogP contribution < -0.4 is 5.32 Å². The first kappa shape index (κ1) is 14.5. The molecule has 1 aromatic carbocycles. The first-order valence-electron chi connectivity index (χ1n) is 4.87. The Bertz CT molecular complexity index is 561. The third kappa shape index (κ3) is 3.45. The summed E-state index contributed by atoms with van der Waals surface area (Å²) in [5.41, 5.74) is -2.83. The topological polar surface area (TPSA) is 90.2 Å². The largest absolute Gasteiger partial charge is 0.478 e. The number of carboxylic acids is 1. The second-order valence-corrected chi connectivity index (χ2v) is 3.41. The molecular weight excluding hydrogens is 265 g/mol. The smallest absolute Gasteiger partial charge is 0.418 e. The number of para-hydroxylation sites is 1. The predicted octanol–water partition coefficient (Wildman–Crippen LogP) is 2.26. The summed E-state index contributed by atoms with van der Waals surface area (Å²) in [7, 11) is 0. The number of nitrogens with one attached hydrogen (secondary N) is 1. The van der Waals surface area contributed by atoms with E-state index in [0.717, 1.165) is 12.1 Å². The highest BCUT2D eigenvalue weighted by molar-refractivity contribution is 6.02. The van der Waals surface area contributed by atoms with Crippen molar-refractivity contribution in [3.63, 3.8) is 0 Å². The molecule has 100 valence electrons. The fourth-order valence-corrected chi connectivity index (χ4v) is 1.36. The lowest BCUT2D eigenvalue weighted by Crippen LogP contribution is -2.19. The number of hydrogen-bond donors (Lipinski definition) is 2. The molecule has 0 aliphatic rings. The minimum atomic E-state index is -4.82. The maximum absolute atomic E-state index is 12.7. The van der Waals surface area contributed by atoms with E-state index >= 15 is 0 Å². The number of carbonyl (C=O) groups is 2. The van der Waals surface area contributed by atoms with Crippen molar-refractivity contribution in [1.82, 2.24) is 0 Å². The van der Waals surface area contributed by atoms with Gasteiger partial charge in [-0.25, -0.2) is 4.79 Å². The van der Waals surface area contributed by atoms with E-state index in [1.54, 1.807) is 5.32 Å². The molecule has 0 fully saturated rings. The molecule has 0 aromatic heterocycles. The summed E-state index contributed by atoms with van der Waals surface area (Å²) in [6.07, 6.45) is -5.49. The van der Waals surface area contributed by atoms with Crippen molar-refractivity contribution >= 4 is 17.6 Å². The van der Waals surface area contributed by atoms with Gasteiger partial charge >= 0.3 is 12.1 Å². The van der Waals surface area contributed by atoms with Gasteiger partial charge in [0, 0.05) is 0 Å². The summed E-state index contributed by atoms with van der Waals surface area (Å²) in [5, 5.41) is 18.9. The molecule has 0 aliphatic heterocycles. The molecule has 2 N–H and O–H groups in total. The average molecular weight is 272 g/mol. The van der Waals surface area contributed by atoms with Crippen LogP contribution in [0.25, 0.3) is 0 Å². The number of halogens is 3. The highest BCUT2D eigenvalue weighted by Crippen LogP contribution is 2.36. The van der Waals surface area contributed by atoms with Crippen LogP contribution in [0.5, 0.6) is 0 Å². The van der Waals surface area contributed by atoms with E-state index in [4.69, 9.17) is 10.4 Å². The number of amides is 1. The maximum atomic E-state index is 12.7. The van der Waals surface area contributed by atoms with E-state index in [0.29, 0.717) is 6.07 Å². The van der Waals surface area contributed by atoms with Gasteiger partial charge in [-0.3, -0.25) is 4.79 Å². The van der Waals surface area contributed by atoms with Gasteiger partial charge in [-0.15, -0.1) is 0 Å². The molecule has 1 rings (SSSR count). The predicted molar refractivity (Wildman–Crippen MR) is 57.3 cm³/mol. The molecule has 0 saturated carbocycles. The number of nitrogens with zero attached hydrogens (tertiary/aromatic N) is 1. The lowest BCUT2D eigenvalue weighted by molar-refractivity contribution is -0.137. The molecule has 0 saturated heterocycles. The number of alkyl halides is 3. The number of benzene rings is 1. The van der Waals surface area contributed by atoms with E-state index in [1.807, 2.05) is 0 Å². The van der Waals surface area contributed by atoms with Crippen LogP contribution in [0.4, 0.5) is 18.9 Å². The molecule has 1 amide bonds. The molecule has 0 spiro atoms. The van der Waals surface area contributed by atoms with Crippen molar-refractivity contribution in [1.29, 1.82) is 5.26 Å². The second kappa shape index (κ2) is 5.39. The van der Waals surface area contributed by atoms with Crippen LogP contribution in [0.3, 0.4) is 0 Å². The Morgan fingerprint density at radius 3 is 2.47 bits per heavy atom. The second-order valence-electron chi connectivity index (χ2n) is 3.41. The van der Waals surface area contributed by atoms with Crippen LogP contribution in [0, 0.1) is 11.3 Å². The zero-order valence-corrected chi connectivity index (χ0v) is 9.28. The first-order valence-corrected chi connectivity index (χ1v) is 4.87. The summed E-state index contributed by atoms with van der Waals surface area (Å²) >= 11 is 0. The fraction of sp³-hybridized carbons (Fsp3) is 0.182. The molecule has 0 atom stereocenters. The molecule has 19 heavy (non-hydrogen) atoms. The van der Waals surface area contributed by atoms with Crippen LogP contribution in [-0.4, -0.2) is 17.0 Å². The third-order valence-corrected chi connectivity index (χ3v) is 2.10. The normalized spacial score (nSPS) is 10.6. The van der Waals surface area contributed by atoms with Crippen LogP contribution >= 0.6 is 0 Å². The summed E-state index contributed by atoms with van der Waals surface area (Å²) in [6.45, 7) is 0. The van der Waals surface area contributed by atoms with Gasteiger partial charge in [0.25, 0.3) is 0 Å². The minimum Gasteiger partial charge on any atom is -0.478 e. The molecule has 0 aliphatic carbocycles. The highest BCUT2D eigenvalue weighted by atomic mass is 19.4. The lowest BCUT2D eigenvalue weighted by Gasteiger charge is -2.15. The monoisotopic (exact) mass is 272 g/mol. The number of carbonyl (C=O) groups excluding carboxylic acids is 1. The van der Waals surface area contributed by atoms with Gasteiger partial charge in [-0.05, 0) is 12.1 Å². The molecule has 0 radical (unpaired) electrons. The van der Waals surface area contributed by atoms with Crippen molar-refractivity contribution in [3.05, 3.63) is 29.3 Å². The number of nitriles is 1. The Labute approximate surface area is 105 Å². The summed E-state index contributed by atoms with van der Waals surface area (Å²) in [5.74, 6) is -2.62. The Morgan fingerprint density at radius 1 is 1.37 bits per heavy atom. The third-order valence-electron chi connectivity index (χ3n) is 2.10. The lowest BCUT2D eigenvalue weighted by atomic mass is 10.1. The van der Waals surface area contributed by atoms with Crippen LogP contribution in [-0.2, 0) is 11.0 Å². The van der Waals surface area contributed by atoms with Crippen molar-refractivity contribution < 1.29 is 27.9 Å². The average Bonchev–Trinajstić information content (AvgIpc) is 2.27. The fourth-order valence-electron chi connectivity index (χ4n) is 1.36. The molecule has 0 bridgehead atoms. The van der Waals surface area contributed by atoms with Gasteiger partial charge in [-0.1, -0.05) is 6.07 Å². The van der Waals surface area contributed by atoms with Crippen molar-refractivity contribution in [2.75, 3.05) is 5.32 Å². The minimum absolute atomic E-state index is 0.647. The van der Waals surface area contributed by atoms with Gasteiger partial charge < -0.3 is 10.4 Å². The van der Waals surface area contributed by atoms with Crippen molar-refractivity contribution in [2.24, 2.45) is 0 Å². The molecule has 8 heteroatoms. The molecule has 1 aromatic rings. The number of anilines is 1. The Hall–Kier alpha value is -2.56. The van der Waals surface area contributed by atoms with Gasteiger partial charge in [-0.2, -0.15) is 18.4 Å². The summed E-state index contributed by atoms with van der Waals surface area (Å²) < 4.78 is 38.2. The first-order chi connectivity index (χ1) is 8.77.